The van der Waals surface area contributed by atoms with Crippen molar-refractivity contribution in [3.05, 3.63) is 56.8 Å². The van der Waals surface area contributed by atoms with Gasteiger partial charge in [-0.1, -0.05) is 29.8 Å². The maximum atomic E-state index is 12.3. The molecular weight excluding hydrogens is 308 g/mol. The van der Waals surface area contributed by atoms with Crippen LogP contribution in [0.25, 0.3) is 11.3 Å². The number of hydrogen-bond acceptors (Lipinski definition) is 3. The second-order valence-corrected chi connectivity index (χ2v) is 6.15. The number of benzene rings is 1. The Morgan fingerprint density at radius 1 is 1.24 bits per heavy atom. The first-order valence-corrected chi connectivity index (χ1v) is 8.03. The van der Waals surface area contributed by atoms with Crippen molar-refractivity contribution in [2.75, 3.05) is 13.3 Å². The van der Waals surface area contributed by atoms with Crippen LogP contribution < -0.4 is 5.56 Å². The van der Waals surface area contributed by atoms with Gasteiger partial charge in [0, 0.05) is 29.3 Å². The molecule has 0 saturated heterocycles. The van der Waals surface area contributed by atoms with Crippen LogP contribution in [0.15, 0.2) is 35.1 Å². The van der Waals surface area contributed by atoms with Crippen molar-refractivity contribution in [1.29, 1.82) is 0 Å². The lowest BCUT2D eigenvalue weighted by molar-refractivity contribution is 0.0813. The number of carbonyl (C=O) groups is 1. The van der Waals surface area contributed by atoms with Gasteiger partial charge in [0.25, 0.3) is 5.91 Å². The highest BCUT2D eigenvalue weighted by molar-refractivity contribution is 7.98. The number of aromatic nitrogens is 1. The van der Waals surface area contributed by atoms with Gasteiger partial charge >= 0.3 is 0 Å². The summed E-state index contributed by atoms with van der Waals surface area (Å²) in [6.07, 6.45) is 1.94. The van der Waals surface area contributed by atoms with E-state index in [4.69, 9.17) is 11.6 Å². The van der Waals surface area contributed by atoms with Gasteiger partial charge in [-0.15, -0.1) is 11.8 Å². The molecule has 0 saturated carbocycles. The van der Waals surface area contributed by atoms with Gasteiger partial charge in [0.2, 0.25) is 5.56 Å². The molecule has 1 amide bonds. The van der Waals surface area contributed by atoms with Gasteiger partial charge in [-0.25, -0.2) is 0 Å². The summed E-state index contributed by atoms with van der Waals surface area (Å²) in [5, 5.41) is 0.416. The number of carbonyl (C=O) groups excluding carboxylic acids is 1. The van der Waals surface area contributed by atoms with Crippen LogP contribution in [0.4, 0.5) is 0 Å². The zero-order valence-electron chi connectivity index (χ0n) is 11.5. The first kappa shape index (κ1) is 14.2. The van der Waals surface area contributed by atoms with Gasteiger partial charge in [0.05, 0.1) is 11.3 Å². The van der Waals surface area contributed by atoms with Crippen molar-refractivity contribution >= 4 is 29.3 Å². The number of amides is 1. The fourth-order valence-electron chi connectivity index (χ4n) is 2.65. The summed E-state index contributed by atoms with van der Waals surface area (Å²) >= 11 is 7.80. The predicted octanol–water partition coefficient (Wildman–Crippen LogP) is 3.14. The van der Waals surface area contributed by atoms with E-state index in [0.29, 0.717) is 16.3 Å². The molecule has 1 N–H and O–H groups in total. The highest BCUT2D eigenvalue weighted by Crippen LogP contribution is 2.43. The third kappa shape index (κ3) is 2.17. The Kier molecular flexibility index (Phi) is 3.55. The van der Waals surface area contributed by atoms with E-state index in [2.05, 4.69) is 4.98 Å². The molecule has 6 heteroatoms. The highest BCUT2D eigenvalue weighted by atomic mass is 35.5. The highest BCUT2D eigenvalue weighted by Gasteiger charge is 2.37. The fraction of sp³-hybridized carbons (Fsp3) is 0.200. The van der Waals surface area contributed by atoms with E-state index in [-0.39, 0.29) is 16.8 Å². The smallest absolute Gasteiger partial charge is 0.255 e. The molecule has 0 spiro atoms. The van der Waals surface area contributed by atoms with Crippen LogP contribution in [0.1, 0.15) is 21.3 Å². The van der Waals surface area contributed by atoms with Crippen molar-refractivity contribution in [3.63, 3.8) is 0 Å². The minimum absolute atomic E-state index is 0.129. The summed E-state index contributed by atoms with van der Waals surface area (Å²) in [5.41, 5.74) is 2.33. The molecule has 2 aromatic rings. The summed E-state index contributed by atoms with van der Waals surface area (Å²) in [5.74, 6) is -0.135. The van der Waals surface area contributed by atoms with Crippen LogP contribution in [0.5, 0.6) is 0 Å². The lowest BCUT2D eigenvalue weighted by atomic mass is 10.0. The number of halogens is 1. The van der Waals surface area contributed by atoms with Gasteiger partial charge in [-0.3, -0.25) is 9.59 Å². The maximum absolute atomic E-state index is 12.3. The van der Waals surface area contributed by atoms with E-state index in [0.717, 1.165) is 11.1 Å². The van der Waals surface area contributed by atoms with Gasteiger partial charge in [0.15, 0.2) is 0 Å². The third-order valence-corrected chi connectivity index (χ3v) is 4.93. The number of rotatable bonds is 2. The normalized spacial score (nSPS) is 17.2. The lowest BCUT2D eigenvalue weighted by Crippen LogP contribution is -2.21. The van der Waals surface area contributed by atoms with Crippen LogP contribution in [0, 0.1) is 0 Å². The first-order valence-electron chi connectivity index (χ1n) is 6.36. The summed E-state index contributed by atoms with van der Waals surface area (Å²) in [6, 6.07) is 8.66. The monoisotopic (exact) mass is 320 g/mol. The van der Waals surface area contributed by atoms with Crippen LogP contribution >= 0.6 is 23.4 Å². The van der Waals surface area contributed by atoms with E-state index in [1.807, 2.05) is 24.5 Å². The standard InChI is InChI=1S/C15H13ClN2O2S/c1-18-14(20)9-7-11(19)17-13(12(9)15(18)21-2)8-5-3-4-6-10(8)16/h3-7,15H,1-2H3,(H,17,19). The molecule has 0 fully saturated rings. The first-order chi connectivity index (χ1) is 10.0. The molecule has 1 aromatic carbocycles. The van der Waals surface area contributed by atoms with E-state index >= 15 is 0 Å². The number of aromatic amines is 1. The van der Waals surface area contributed by atoms with Crippen molar-refractivity contribution in [2.24, 2.45) is 0 Å². The Balaban J connectivity index is 2.34. The molecule has 2 heterocycles. The summed E-state index contributed by atoms with van der Waals surface area (Å²) in [4.78, 5) is 28.7. The van der Waals surface area contributed by atoms with Crippen LogP contribution in [0.3, 0.4) is 0 Å². The predicted molar refractivity (Wildman–Crippen MR) is 85.9 cm³/mol. The molecule has 1 unspecified atom stereocenters. The van der Waals surface area contributed by atoms with Crippen LogP contribution in [0.2, 0.25) is 5.02 Å². The third-order valence-electron chi connectivity index (χ3n) is 3.60. The number of nitrogens with zero attached hydrogens (tertiary/aromatic N) is 1. The zero-order chi connectivity index (χ0) is 15.1. The van der Waals surface area contributed by atoms with Crippen molar-refractivity contribution < 1.29 is 4.79 Å². The SMILES string of the molecule is CSC1c2c(cc(=O)[nH]c2-c2ccccc2Cl)C(=O)N1C. The quantitative estimate of drug-likeness (QED) is 0.925. The molecule has 0 radical (unpaired) electrons. The molecule has 0 aliphatic carbocycles. The van der Waals surface area contributed by atoms with Gasteiger partial charge in [-0.05, 0) is 12.3 Å². The van der Waals surface area contributed by atoms with Gasteiger partial charge < -0.3 is 9.88 Å². The van der Waals surface area contributed by atoms with E-state index in [1.54, 1.807) is 29.8 Å². The fourth-order valence-corrected chi connectivity index (χ4v) is 3.77. The molecule has 0 bridgehead atoms. The van der Waals surface area contributed by atoms with Gasteiger partial charge in [0.1, 0.15) is 5.37 Å². The molecule has 1 atom stereocenters. The Labute approximate surface area is 131 Å². The minimum atomic E-state index is -0.299. The van der Waals surface area contributed by atoms with Crippen molar-refractivity contribution in [1.82, 2.24) is 9.88 Å². The molecule has 21 heavy (non-hydrogen) atoms. The molecular formula is C15H13ClN2O2S. The molecule has 1 aliphatic heterocycles. The average molecular weight is 321 g/mol. The lowest BCUT2D eigenvalue weighted by Gasteiger charge is -2.19. The van der Waals surface area contributed by atoms with Crippen molar-refractivity contribution in [2.45, 2.75) is 5.37 Å². The van der Waals surface area contributed by atoms with Crippen LogP contribution in [-0.4, -0.2) is 29.1 Å². The van der Waals surface area contributed by atoms with E-state index in [9.17, 15) is 9.59 Å². The number of hydrogen-bond donors (Lipinski definition) is 1. The Morgan fingerprint density at radius 3 is 2.62 bits per heavy atom. The molecule has 4 nitrogen and oxygen atoms in total. The summed E-state index contributed by atoms with van der Waals surface area (Å²) < 4.78 is 0. The van der Waals surface area contributed by atoms with E-state index < -0.39 is 0 Å². The Hall–Kier alpha value is -1.72. The number of thioether (sulfide) groups is 1. The maximum Gasteiger partial charge on any atom is 0.255 e. The van der Waals surface area contributed by atoms with Gasteiger partial charge in [-0.2, -0.15) is 0 Å². The molecule has 1 aromatic heterocycles. The number of pyridine rings is 1. The number of nitrogens with one attached hydrogen (secondary N) is 1. The molecule has 1 aliphatic rings. The van der Waals surface area contributed by atoms with Crippen LogP contribution in [-0.2, 0) is 0 Å². The number of fused-ring (bicyclic) bond motifs is 1. The Bertz CT molecular complexity index is 787. The molecule has 108 valence electrons. The van der Waals surface area contributed by atoms with E-state index in [1.165, 1.54) is 6.07 Å². The molecule has 3 rings (SSSR count). The zero-order valence-corrected chi connectivity index (χ0v) is 13.1. The topological polar surface area (TPSA) is 53.2 Å². The largest absolute Gasteiger partial charge is 0.325 e. The summed E-state index contributed by atoms with van der Waals surface area (Å²) in [7, 11) is 1.74. The number of H-pyrrole nitrogens is 1. The second-order valence-electron chi connectivity index (χ2n) is 4.82. The Morgan fingerprint density at radius 2 is 1.95 bits per heavy atom. The summed E-state index contributed by atoms with van der Waals surface area (Å²) in [6.45, 7) is 0. The second kappa shape index (κ2) is 5.24. The minimum Gasteiger partial charge on any atom is -0.325 e. The van der Waals surface area contributed by atoms with Crippen molar-refractivity contribution in [3.8, 4) is 11.3 Å². The average Bonchev–Trinajstić information content (AvgIpc) is 2.71.